The number of aryl methyl sites for hydroxylation is 1. The van der Waals surface area contributed by atoms with Crippen molar-refractivity contribution in [2.75, 3.05) is 11.4 Å². The van der Waals surface area contributed by atoms with Crippen molar-refractivity contribution in [1.82, 2.24) is 4.72 Å². The van der Waals surface area contributed by atoms with E-state index in [0.29, 0.717) is 12.1 Å². The summed E-state index contributed by atoms with van der Waals surface area (Å²) in [6.45, 7) is 2.78. The van der Waals surface area contributed by atoms with E-state index in [9.17, 15) is 13.2 Å². The van der Waals surface area contributed by atoms with Gasteiger partial charge in [0.15, 0.2) is 0 Å². The van der Waals surface area contributed by atoms with Crippen LogP contribution in [-0.4, -0.2) is 20.9 Å². The van der Waals surface area contributed by atoms with Gasteiger partial charge in [0.25, 0.3) is 5.91 Å². The van der Waals surface area contributed by atoms with Gasteiger partial charge in [0.1, 0.15) is 0 Å². The highest BCUT2D eigenvalue weighted by atomic mass is 79.9. The van der Waals surface area contributed by atoms with E-state index in [1.165, 1.54) is 0 Å². The zero-order chi connectivity index (χ0) is 21.3. The molecule has 1 aliphatic rings. The standard InChI is InChI=1S/C23H21BrN2O3S/c1-16-3-2-4-19(13-16)23(27)26-12-11-18-14-17(5-10-22(18)26)15-25-30(28,29)21-8-6-20(24)7-9-21/h2-10,13-14,25H,11-12,15H2,1H3. The Labute approximate surface area is 184 Å². The van der Waals surface area contributed by atoms with Crippen molar-refractivity contribution in [3.8, 4) is 0 Å². The van der Waals surface area contributed by atoms with Crippen molar-refractivity contribution in [1.29, 1.82) is 0 Å². The van der Waals surface area contributed by atoms with Crippen molar-refractivity contribution in [2.45, 2.75) is 24.8 Å². The lowest BCUT2D eigenvalue weighted by Gasteiger charge is -2.18. The summed E-state index contributed by atoms with van der Waals surface area (Å²) in [5.41, 5.74) is 4.53. The number of hydrogen-bond donors (Lipinski definition) is 1. The van der Waals surface area contributed by atoms with Crippen LogP contribution in [0.5, 0.6) is 0 Å². The van der Waals surface area contributed by atoms with Gasteiger partial charge < -0.3 is 4.90 Å². The number of rotatable bonds is 5. The first-order valence-corrected chi connectivity index (χ1v) is 11.9. The number of halogens is 1. The first-order chi connectivity index (χ1) is 14.3. The van der Waals surface area contributed by atoms with E-state index in [1.807, 2.05) is 49.4 Å². The average Bonchev–Trinajstić information content (AvgIpc) is 3.15. The van der Waals surface area contributed by atoms with Crippen LogP contribution < -0.4 is 9.62 Å². The van der Waals surface area contributed by atoms with E-state index in [-0.39, 0.29) is 17.3 Å². The molecule has 0 aliphatic carbocycles. The predicted molar refractivity (Wildman–Crippen MR) is 121 cm³/mol. The minimum atomic E-state index is -3.59. The van der Waals surface area contributed by atoms with Crippen LogP contribution in [0.15, 0.2) is 76.1 Å². The monoisotopic (exact) mass is 484 g/mol. The van der Waals surface area contributed by atoms with Crippen molar-refractivity contribution in [3.63, 3.8) is 0 Å². The van der Waals surface area contributed by atoms with Gasteiger partial charge in [-0.1, -0.05) is 45.8 Å². The maximum Gasteiger partial charge on any atom is 0.258 e. The SMILES string of the molecule is Cc1cccc(C(=O)N2CCc3cc(CNS(=O)(=O)c4ccc(Br)cc4)ccc32)c1. The second kappa shape index (κ2) is 8.34. The van der Waals surface area contributed by atoms with Gasteiger partial charge in [0, 0.05) is 28.8 Å². The highest BCUT2D eigenvalue weighted by molar-refractivity contribution is 9.10. The van der Waals surface area contributed by atoms with Crippen molar-refractivity contribution in [2.24, 2.45) is 0 Å². The van der Waals surface area contributed by atoms with Gasteiger partial charge >= 0.3 is 0 Å². The molecule has 3 aromatic rings. The van der Waals surface area contributed by atoms with Gasteiger partial charge in [-0.3, -0.25) is 4.79 Å². The summed E-state index contributed by atoms with van der Waals surface area (Å²) in [5.74, 6) is -0.0128. The Morgan fingerprint density at radius 2 is 1.83 bits per heavy atom. The number of benzene rings is 3. The maximum atomic E-state index is 12.9. The van der Waals surface area contributed by atoms with Crippen LogP contribution in [0.3, 0.4) is 0 Å². The fourth-order valence-electron chi connectivity index (χ4n) is 3.59. The van der Waals surface area contributed by atoms with Gasteiger partial charge in [0.2, 0.25) is 10.0 Å². The number of amides is 1. The molecule has 0 atom stereocenters. The molecule has 0 saturated carbocycles. The lowest BCUT2D eigenvalue weighted by Crippen LogP contribution is -2.28. The lowest BCUT2D eigenvalue weighted by molar-refractivity contribution is 0.0989. The lowest BCUT2D eigenvalue weighted by atomic mass is 10.1. The van der Waals surface area contributed by atoms with E-state index in [0.717, 1.165) is 33.3 Å². The fourth-order valence-corrected chi connectivity index (χ4v) is 4.87. The Balaban J connectivity index is 1.48. The summed E-state index contributed by atoms with van der Waals surface area (Å²) >= 11 is 3.31. The van der Waals surface area contributed by atoms with E-state index in [4.69, 9.17) is 0 Å². The summed E-state index contributed by atoms with van der Waals surface area (Å²) < 4.78 is 28.5. The molecule has 4 rings (SSSR count). The molecule has 0 fully saturated rings. The number of anilines is 1. The van der Waals surface area contributed by atoms with Gasteiger partial charge in [-0.2, -0.15) is 0 Å². The fraction of sp³-hybridized carbons (Fsp3) is 0.174. The van der Waals surface area contributed by atoms with Crippen molar-refractivity contribution >= 4 is 37.5 Å². The third-order valence-corrected chi connectivity index (χ3v) is 7.09. The number of hydrogen-bond acceptors (Lipinski definition) is 3. The first kappa shape index (κ1) is 20.8. The largest absolute Gasteiger partial charge is 0.308 e. The van der Waals surface area contributed by atoms with Crippen molar-refractivity contribution in [3.05, 3.63) is 93.5 Å². The van der Waals surface area contributed by atoms with E-state index in [1.54, 1.807) is 29.2 Å². The summed E-state index contributed by atoms with van der Waals surface area (Å²) in [6, 6.07) is 19.8. The summed E-state index contributed by atoms with van der Waals surface area (Å²) in [6.07, 6.45) is 0.750. The smallest absolute Gasteiger partial charge is 0.258 e. The Kier molecular flexibility index (Phi) is 5.77. The van der Waals surface area contributed by atoms with Crippen LogP contribution in [-0.2, 0) is 23.0 Å². The molecule has 1 aliphatic heterocycles. The number of fused-ring (bicyclic) bond motifs is 1. The highest BCUT2D eigenvalue weighted by Gasteiger charge is 2.26. The van der Waals surface area contributed by atoms with Crippen LogP contribution in [0, 0.1) is 6.92 Å². The molecule has 1 N–H and O–H groups in total. The molecular formula is C23H21BrN2O3S. The molecule has 5 nitrogen and oxygen atoms in total. The quantitative estimate of drug-likeness (QED) is 0.581. The molecule has 0 bridgehead atoms. The summed E-state index contributed by atoms with van der Waals surface area (Å²) in [4.78, 5) is 14.9. The van der Waals surface area contributed by atoms with Crippen LogP contribution >= 0.6 is 15.9 Å². The molecule has 3 aromatic carbocycles. The molecular weight excluding hydrogens is 464 g/mol. The normalized spacial score (nSPS) is 13.3. The first-order valence-electron chi connectivity index (χ1n) is 9.59. The van der Waals surface area contributed by atoms with Gasteiger partial charge in [-0.15, -0.1) is 0 Å². The molecule has 0 spiro atoms. The third-order valence-electron chi connectivity index (χ3n) is 5.14. The summed E-state index contributed by atoms with van der Waals surface area (Å²) in [7, 11) is -3.59. The number of sulfonamides is 1. The Hall–Kier alpha value is -2.48. The van der Waals surface area contributed by atoms with Crippen LogP contribution in [0.1, 0.15) is 27.0 Å². The Morgan fingerprint density at radius 1 is 1.07 bits per heavy atom. The van der Waals surface area contributed by atoms with Crippen LogP contribution in [0.25, 0.3) is 0 Å². The number of nitrogens with one attached hydrogen (secondary N) is 1. The van der Waals surface area contributed by atoms with Crippen molar-refractivity contribution < 1.29 is 13.2 Å². The Morgan fingerprint density at radius 3 is 2.57 bits per heavy atom. The molecule has 0 aromatic heterocycles. The molecule has 0 radical (unpaired) electrons. The van der Waals surface area contributed by atoms with Crippen LogP contribution in [0.4, 0.5) is 5.69 Å². The van der Waals surface area contributed by atoms with E-state index in [2.05, 4.69) is 20.7 Å². The molecule has 30 heavy (non-hydrogen) atoms. The molecule has 1 amide bonds. The summed E-state index contributed by atoms with van der Waals surface area (Å²) in [5, 5.41) is 0. The van der Waals surface area contributed by atoms with E-state index >= 15 is 0 Å². The van der Waals surface area contributed by atoms with Gasteiger partial charge in [-0.25, -0.2) is 13.1 Å². The maximum absolute atomic E-state index is 12.9. The predicted octanol–water partition coefficient (Wildman–Crippen LogP) is 4.44. The molecule has 1 heterocycles. The average molecular weight is 485 g/mol. The van der Waals surface area contributed by atoms with E-state index < -0.39 is 10.0 Å². The number of nitrogens with zero attached hydrogens (tertiary/aromatic N) is 1. The second-order valence-electron chi connectivity index (χ2n) is 7.32. The van der Waals surface area contributed by atoms with Gasteiger partial charge in [-0.05, 0) is 66.9 Å². The molecule has 0 saturated heterocycles. The molecule has 154 valence electrons. The highest BCUT2D eigenvalue weighted by Crippen LogP contribution is 2.30. The minimum absolute atomic E-state index is 0.0128. The minimum Gasteiger partial charge on any atom is -0.308 e. The number of carbonyl (C=O) groups excluding carboxylic acids is 1. The number of carbonyl (C=O) groups is 1. The zero-order valence-electron chi connectivity index (χ0n) is 16.4. The molecule has 0 unspecified atom stereocenters. The topological polar surface area (TPSA) is 66.5 Å². The van der Waals surface area contributed by atoms with Gasteiger partial charge in [0.05, 0.1) is 4.90 Å². The second-order valence-corrected chi connectivity index (χ2v) is 10.0. The molecule has 7 heteroatoms. The zero-order valence-corrected chi connectivity index (χ0v) is 18.8. The Bertz CT molecular complexity index is 1210. The third kappa shape index (κ3) is 4.33. The van der Waals surface area contributed by atoms with Crippen LogP contribution in [0.2, 0.25) is 0 Å².